The number of nitrogens with zero attached hydrogens (tertiary/aromatic N) is 2. The molecule has 4 heterocycles. The average molecular weight is 869 g/mol. The van der Waals surface area contributed by atoms with Crippen molar-refractivity contribution >= 4 is 17.8 Å². The van der Waals surface area contributed by atoms with E-state index in [1.807, 2.05) is 13.8 Å². The lowest BCUT2D eigenvalue weighted by Gasteiger charge is -2.41. The standard InChI is InChI=1S/C51H68N2O10/c1-30(2)14-9-16-32(5)18-11-21-50(7)43(56)26-36-41(54)24-34-38(45(36)62-50)28-52(47(34)58)23-13-20-40(49(60)61)53-29-39-35(48(53)59)25-42(55)37-27-44(57)51(8,63-46(37)39)22-12-19-33(6)17-10-15-31(3)4/h14-15,18-19,24-25,40,43-44,54-57H,9-13,16-17,20-23,26-29H2,1-8H3,(H,60,61). The molecule has 4 aliphatic rings. The number of carbonyl (C=O) groups is 3. The quantitative estimate of drug-likeness (QED) is 0.0909. The molecule has 0 aromatic heterocycles. The van der Waals surface area contributed by atoms with Crippen LogP contribution in [0.4, 0.5) is 0 Å². The highest BCUT2D eigenvalue weighted by molar-refractivity contribution is 6.02. The third-order valence-electron chi connectivity index (χ3n) is 13.5. The molecule has 63 heavy (non-hydrogen) atoms. The van der Waals surface area contributed by atoms with Crippen LogP contribution < -0.4 is 9.47 Å². The first-order valence-electron chi connectivity index (χ1n) is 22.6. The molecule has 0 aliphatic carbocycles. The van der Waals surface area contributed by atoms with Crippen molar-refractivity contribution in [3.63, 3.8) is 0 Å². The Kier molecular flexibility index (Phi) is 14.6. The van der Waals surface area contributed by atoms with E-state index in [9.17, 15) is 39.9 Å². The van der Waals surface area contributed by atoms with Gasteiger partial charge in [-0.25, -0.2) is 4.79 Å². The Morgan fingerprint density at radius 2 is 1.17 bits per heavy atom. The third kappa shape index (κ3) is 10.3. The molecule has 0 radical (unpaired) electrons. The molecule has 0 saturated carbocycles. The molecule has 0 saturated heterocycles. The van der Waals surface area contributed by atoms with E-state index >= 15 is 0 Å². The number of phenols is 2. The van der Waals surface area contributed by atoms with Crippen molar-refractivity contribution in [2.75, 3.05) is 6.54 Å². The maximum atomic E-state index is 13.9. The van der Waals surface area contributed by atoms with E-state index in [0.29, 0.717) is 65.0 Å². The Hall–Kier alpha value is -5.07. The predicted molar refractivity (Wildman–Crippen MR) is 242 cm³/mol. The Labute approximate surface area is 372 Å². The maximum absolute atomic E-state index is 13.9. The van der Waals surface area contributed by atoms with Crippen molar-refractivity contribution in [3.05, 3.63) is 92.1 Å². The Morgan fingerprint density at radius 3 is 1.63 bits per heavy atom. The van der Waals surface area contributed by atoms with Gasteiger partial charge < -0.3 is 44.8 Å². The van der Waals surface area contributed by atoms with Crippen LogP contribution in [0.3, 0.4) is 0 Å². The van der Waals surface area contributed by atoms with Crippen molar-refractivity contribution in [1.82, 2.24) is 9.80 Å². The molecule has 2 aromatic carbocycles. The fraction of sp³-hybridized carbons (Fsp3) is 0.549. The smallest absolute Gasteiger partial charge is 0.326 e. The third-order valence-corrected chi connectivity index (χ3v) is 13.5. The van der Waals surface area contributed by atoms with Crippen molar-refractivity contribution in [2.24, 2.45) is 0 Å². The van der Waals surface area contributed by atoms with Gasteiger partial charge in [0.05, 0.1) is 36.4 Å². The molecular weight excluding hydrogens is 801 g/mol. The van der Waals surface area contributed by atoms with E-state index in [0.717, 1.165) is 25.7 Å². The number of fused-ring (bicyclic) bond motifs is 6. The topological polar surface area (TPSA) is 177 Å². The summed E-state index contributed by atoms with van der Waals surface area (Å²) in [5, 5.41) is 55.0. The summed E-state index contributed by atoms with van der Waals surface area (Å²) in [6.07, 6.45) is 13.8. The van der Waals surface area contributed by atoms with Gasteiger partial charge in [0, 0.05) is 41.6 Å². The molecule has 4 aliphatic heterocycles. The number of aliphatic hydroxyl groups is 2. The fourth-order valence-corrected chi connectivity index (χ4v) is 9.40. The highest BCUT2D eigenvalue weighted by Crippen LogP contribution is 2.48. The summed E-state index contributed by atoms with van der Waals surface area (Å²) in [4.78, 5) is 43.4. The van der Waals surface area contributed by atoms with Gasteiger partial charge in [-0.2, -0.15) is 0 Å². The Bertz CT molecular complexity index is 2230. The molecule has 12 heteroatoms. The summed E-state index contributed by atoms with van der Waals surface area (Å²) in [5.74, 6) is -1.60. The molecule has 2 aromatic rings. The molecule has 2 amide bonds. The molecule has 12 nitrogen and oxygen atoms in total. The van der Waals surface area contributed by atoms with E-state index < -0.39 is 41.3 Å². The van der Waals surface area contributed by atoms with E-state index in [-0.39, 0.29) is 68.3 Å². The summed E-state index contributed by atoms with van der Waals surface area (Å²) in [7, 11) is 0. The second-order valence-corrected chi connectivity index (χ2v) is 19.2. The molecule has 342 valence electrons. The zero-order chi connectivity index (χ0) is 46.0. The summed E-state index contributed by atoms with van der Waals surface area (Å²) in [6.45, 7) is 16.5. The van der Waals surface area contributed by atoms with Gasteiger partial charge in [0.2, 0.25) is 0 Å². The van der Waals surface area contributed by atoms with Gasteiger partial charge in [0.1, 0.15) is 40.2 Å². The van der Waals surface area contributed by atoms with Crippen LogP contribution in [-0.2, 0) is 30.7 Å². The number of amides is 2. The number of ether oxygens (including phenoxy) is 2. The second-order valence-electron chi connectivity index (χ2n) is 19.2. The van der Waals surface area contributed by atoms with Crippen LogP contribution in [0, 0.1) is 0 Å². The number of aromatic hydroxyl groups is 2. The highest BCUT2D eigenvalue weighted by Gasteiger charge is 2.47. The number of hydrogen-bond acceptors (Lipinski definition) is 9. The van der Waals surface area contributed by atoms with Crippen LogP contribution >= 0.6 is 0 Å². The number of carboxylic acids is 1. The summed E-state index contributed by atoms with van der Waals surface area (Å²) >= 11 is 0. The molecule has 0 bridgehead atoms. The summed E-state index contributed by atoms with van der Waals surface area (Å²) < 4.78 is 13.1. The SMILES string of the molecule is CC(C)=CCCC(C)=CCCC1(C)Oc2c(c(O)cc3c2CN(CCCC(C(=O)O)N2Cc4c(cc(O)c5c4OC(C)(CCC=C(C)CCC=C(C)C)C(O)C5)C2=O)C3=O)CC1O. The van der Waals surface area contributed by atoms with Crippen LogP contribution in [0.25, 0.3) is 0 Å². The van der Waals surface area contributed by atoms with E-state index in [1.165, 1.54) is 39.3 Å². The molecule has 6 rings (SSSR count). The van der Waals surface area contributed by atoms with Crippen LogP contribution in [-0.4, -0.2) is 89.1 Å². The number of carboxylic acid groups (broad SMARTS) is 1. The number of benzene rings is 2. The van der Waals surface area contributed by atoms with Gasteiger partial charge in [0.25, 0.3) is 11.8 Å². The van der Waals surface area contributed by atoms with Gasteiger partial charge in [-0.15, -0.1) is 0 Å². The minimum absolute atomic E-state index is 0.0456. The van der Waals surface area contributed by atoms with Crippen LogP contribution in [0.15, 0.2) is 58.7 Å². The van der Waals surface area contributed by atoms with Crippen molar-refractivity contribution in [1.29, 1.82) is 0 Å². The van der Waals surface area contributed by atoms with Gasteiger partial charge in [0.15, 0.2) is 0 Å². The lowest BCUT2D eigenvalue weighted by atomic mass is 9.84. The number of phenolic OH excluding ortho intramolecular Hbond substituents is 2. The lowest BCUT2D eigenvalue weighted by Crippen LogP contribution is -2.49. The van der Waals surface area contributed by atoms with Gasteiger partial charge in [-0.05, 0) is 132 Å². The number of rotatable bonds is 18. The largest absolute Gasteiger partial charge is 0.508 e. The maximum Gasteiger partial charge on any atom is 0.326 e. The molecule has 5 N–H and O–H groups in total. The first-order chi connectivity index (χ1) is 29.7. The predicted octanol–water partition coefficient (Wildman–Crippen LogP) is 9.00. The van der Waals surface area contributed by atoms with Crippen LogP contribution in [0.2, 0.25) is 0 Å². The molecular formula is C51H68N2O10. The van der Waals surface area contributed by atoms with Crippen molar-refractivity contribution in [3.8, 4) is 23.0 Å². The normalized spacial score (nSPS) is 23.3. The zero-order valence-electron chi connectivity index (χ0n) is 38.5. The fourth-order valence-electron chi connectivity index (χ4n) is 9.40. The van der Waals surface area contributed by atoms with Crippen molar-refractivity contribution < 1.29 is 49.4 Å². The lowest BCUT2D eigenvalue weighted by molar-refractivity contribution is -0.142. The number of aliphatic carboxylic acids is 1. The summed E-state index contributed by atoms with van der Waals surface area (Å²) in [5.41, 5.74) is 5.57. The molecule has 5 atom stereocenters. The second kappa shape index (κ2) is 19.4. The minimum Gasteiger partial charge on any atom is -0.508 e. The van der Waals surface area contributed by atoms with Crippen LogP contribution in [0.1, 0.15) is 163 Å². The average Bonchev–Trinajstić information content (AvgIpc) is 3.69. The summed E-state index contributed by atoms with van der Waals surface area (Å²) in [6, 6.07) is 1.55. The monoisotopic (exact) mass is 868 g/mol. The first kappa shape index (κ1) is 47.4. The zero-order valence-corrected chi connectivity index (χ0v) is 38.5. The van der Waals surface area contributed by atoms with Crippen molar-refractivity contribution in [2.45, 2.75) is 175 Å². The molecule has 5 unspecified atom stereocenters. The molecule has 0 spiro atoms. The van der Waals surface area contributed by atoms with E-state index in [2.05, 4.69) is 65.8 Å². The number of hydrogen-bond donors (Lipinski definition) is 5. The number of aliphatic hydroxyl groups excluding tert-OH is 2. The Morgan fingerprint density at radius 1 is 0.714 bits per heavy atom. The minimum atomic E-state index is -1.23. The Balaban J connectivity index is 1.11. The van der Waals surface area contributed by atoms with E-state index in [1.54, 1.807) is 4.90 Å². The van der Waals surface area contributed by atoms with Gasteiger partial charge in [-0.3, -0.25) is 9.59 Å². The first-order valence-corrected chi connectivity index (χ1v) is 22.6. The number of allylic oxidation sites excluding steroid dienone is 8. The molecule has 0 fully saturated rings. The highest BCUT2D eigenvalue weighted by atomic mass is 16.5. The van der Waals surface area contributed by atoms with Gasteiger partial charge >= 0.3 is 5.97 Å². The van der Waals surface area contributed by atoms with Crippen LogP contribution in [0.5, 0.6) is 23.0 Å². The van der Waals surface area contributed by atoms with E-state index in [4.69, 9.17) is 9.47 Å². The van der Waals surface area contributed by atoms with Gasteiger partial charge in [-0.1, -0.05) is 46.6 Å². The number of carbonyl (C=O) groups excluding carboxylic acids is 2.